The lowest BCUT2D eigenvalue weighted by molar-refractivity contribution is 0.0593. The highest BCUT2D eigenvalue weighted by molar-refractivity contribution is 6.29. The Balaban J connectivity index is 1.85. The van der Waals surface area contributed by atoms with Crippen LogP contribution in [0.4, 0.5) is 11.9 Å². The Kier molecular flexibility index (Phi) is 5.77. The lowest BCUT2D eigenvalue weighted by Gasteiger charge is -2.11. The molecule has 0 amide bonds. The van der Waals surface area contributed by atoms with E-state index in [4.69, 9.17) is 16.4 Å². The van der Waals surface area contributed by atoms with E-state index < -0.39 is 5.97 Å². The number of pyridine rings is 1. The first kappa shape index (κ1) is 18.5. The zero-order valence-electron chi connectivity index (χ0n) is 14.7. The molecule has 138 valence electrons. The lowest BCUT2D eigenvalue weighted by atomic mass is 10.2. The van der Waals surface area contributed by atoms with Crippen LogP contribution in [0.25, 0.3) is 11.5 Å². The number of rotatable bonds is 6. The molecule has 0 fully saturated rings. The van der Waals surface area contributed by atoms with Crippen molar-refractivity contribution in [2.24, 2.45) is 0 Å². The van der Waals surface area contributed by atoms with Crippen LogP contribution >= 0.6 is 11.6 Å². The Morgan fingerprint density at radius 2 is 1.70 bits per heavy atom. The summed E-state index contributed by atoms with van der Waals surface area (Å²) in [6.45, 7) is 3.90. The molecule has 0 atom stereocenters. The third-order valence-electron chi connectivity index (χ3n) is 3.24. The van der Waals surface area contributed by atoms with Crippen molar-refractivity contribution in [3.05, 3.63) is 59.2 Å². The molecular weight excluding hydrogens is 368 g/mol. The van der Waals surface area contributed by atoms with Gasteiger partial charge in [-0.25, -0.2) is 9.78 Å². The summed E-state index contributed by atoms with van der Waals surface area (Å²) in [5.41, 5.74) is 3.33. The number of aromatic nitrogens is 4. The molecular formula is C18H17ClN6O2. The third-order valence-corrected chi connectivity index (χ3v) is 3.45. The molecule has 3 aromatic rings. The molecule has 0 spiro atoms. The van der Waals surface area contributed by atoms with Gasteiger partial charge < -0.3 is 10.2 Å². The van der Waals surface area contributed by atoms with Gasteiger partial charge in [0.05, 0.1) is 5.56 Å². The standard InChI is InChI=1S/C18H17ClN6O2/c1-11(2)20-17-22-15(13-9-6-10-14(19)21-13)23-18(24-17)25-27-16(26)12-7-4-3-5-8-12/h3-11H,1-2H3,(H2,20,22,23,24,25). The number of benzene rings is 1. The molecule has 0 saturated heterocycles. The molecule has 8 nitrogen and oxygen atoms in total. The Morgan fingerprint density at radius 3 is 2.41 bits per heavy atom. The monoisotopic (exact) mass is 384 g/mol. The minimum Gasteiger partial charge on any atom is -0.352 e. The Hall–Kier alpha value is -3.26. The van der Waals surface area contributed by atoms with Crippen LogP contribution in [-0.4, -0.2) is 31.9 Å². The number of anilines is 2. The van der Waals surface area contributed by atoms with E-state index >= 15 is 0 Å². The summed E-state index contributed by atoms with van der Waals surface area (Å²) < 4.78 is 0. The van der Waals surface area contributed by atoms with Gasteiger partial charge in [-0.15, -0.1) is 0 Å². The summed E-state index contributed by atoms with van der Waals surface area (Å²) in [6.07, 6.45) is 0. The number of hydrogen-bond donors (Lipinski definition) is 2. The van der Waals surface area contributed by atoms with Gasteiger partial charge in [0.2, 0.25) is 5.95 Å². The van der Waals surface area contributed by atoms with Gasteiger partial charge in [-0.05, 0) is 38.1 Å². The van der Waals surface area contributed by atoms with Crippen molar-refractivity contribution in [3.8, 4) is 11.5 Å². The fourth-order valence-electron chi connectivity index (χ4n) is 2.12. The predicted molar refractivity (Wildman–Crippen MR) is 102 cm³/mol. The molecule has 9 heteroatoms. The molecule has 27 heavy (non-hydrogen) atoms. The minimum absolute atomic E-state index is 0.0641. The third kappa shape index (κ3) is 5.11. The van der Waals surface area contributed by atoms with E-state index in [2.05, 4.69) is 30.7 Å². The van der Waals surface area contributed by atoms with E-state index in [1.54, 1.807) is 42.5 Å². The fourth-order valence-corrected chi connectivity index (χ4v) is 2.28. The molecule has 2 aromatic heterocycles. The molecule has 0 saturated carbocycles. The molecule has 3 rings (SSSR count). The Bertz CT molecular complexity index is 936. The number of halogens is 1. The summed E-state index contributed by atoms with van der Waals surface area (Å²) >= 11 is 5.95. The SMILES string of the molecule is CC(C)Nc1nc(NOC(=O)c2ccccc2)nc(-c2cccc(Cl)n2)n1. The first-order valence-corrected chi connectivity index (χ1v) is 8.57. The number of carbonyl (C=O) groups is 1. The highest BCUT2D eigenvalue weighted by Gasteiger charge is 2.13. The summed E-state index contributed by atoms with van der Waals surface area (Å²) in [6, 6.07) is 13.8. The second-order valence-electron chi connectivity index (χ2n) is 5.81. The highest BCUT2D eigenvalue weighted by Crippen LogP contribution is 2.18. The van der Waals surface area contributed by atoms with Crippen LogP contribution in [0.3, 0.4) is 0 Å². The fraction of sp³-hybridized carbons (Fsp3) is 0.167. The first-order chi connectivity index (χ1) is 13.0. The van der Waals surface area contributed by atoms with Crippen LogP contribution < -0.4 is 10.8 Å². The minimum atomic E-state index is -0.559. The Morgan fingerprint density at radius 1 is 0.963 bits per heavy atom. The molecule has 0 aliphatic heterocycles. The second-order valence-corrected chi connectivity index (χ2v) is 6.20. The van der Waals surface area contributed by atoms with E-state index in [1.165, 1.54) is 0 Å². The average Bonchev–Trinajstić information content (AvgIpc) is 2.66. The zero-order chi connectivity index (χ0) is 19.2. The summed E-state index contributed by atoms with van der Waals surface area (Å²) in [5, 5.41) is 3.40. The molecule has 0 aliphatic rings. The summed E-state index contributed by atoms with van der Waals surface area (Å²) in [5.74, 6) is 0.106. The largest absolute Gasteiger partial charge is 0.362 e. The zero-order valence-corrected chi connectivity index (χ0v) is 15.4. The number of nitrogens with zero attached hydrogens (tertiary/aromatic N) is 4. The molecule has 0 bridgehead atoms. The van der Waals surface area contributed by atoms with Crippen molar-refractivity contribution >= 4 is 29.5 Å². The Labute approximate surface area is 161 Å². The number of carbonyl (C=O) groups excluding carboxylic acids is 1. The number of hydrogen-bond acceptors (Lipinski definition) is 8. The maximum Gasteiger partial charge on any atom is 0.362 e. The van der Waals surface area contributed by atoms with Crippen molar-refractivity contribution in [1.29, 1.82) is 0 Å². The van der Waals surface area contributed by atoms with E-state index in [1.807, 2.05) is 19.9 Å². The smallest absolute Gasteiger partial charge is 0.352 e. The van der Waals surface area contributed by atoms with Gasteiger partial charge in [0.15, 0.2) is 5.82 Å². The molecule has 1 aromatic carbocycles. The number of nitrogens with one attached hydrogen (secondary N) is 2. The van der Waals surface area contributed by atoms with E-state index in [-0.39, 0.29) is 17.8 Å². The van der Waals surface area contributed by atoms with Gasteiger partial charge in [0.1, 0.15) is 10.8 Å². The topological polar surface area (TPSA) is 102 Å². The normalized spacial score (nSPS) is 10.5. The van der Waals surface area contributed by atoms with Crippen LogP contribution in [0, 0.1) is 0 Å². The van der Waals surface area contributed by atoms with Gasteiger partial charge in [-0.1, -0.05) is 35.9 Å². The van der Waals surface area contributed by atoms with E-state index in [0.29, 0.717) is 22.4 Å². The molecule has 0 aliphatic carbocycles. The van der Waals surface area contributed by atoms with Crippen LogP contribution in [0.5, 0.6) is 0 Å². The van der Waals surface area contributed by atoms with Crippen molar-refractivity contribution in [3.63, 3.8) is 0 Å². The predicted octanol–water partition coefficient (Wildman–Crippen LogP) is 3.59. The quantitative estimate of drug-likeness (QED) is 0.491. The van der Waals surface area contributed by atoms with Crippen molar-refractivity contribution < 1.29 is 9.63 Å². The van der Waals surface area contributed by atoms with E-state index in [0.717, 1.165) is 0 Å². The maximum atomic E-state index is 12.1. The lowest BCUT2D eigenvalue weighted by Crippen LogP contribution is -2.17. The molecule has 2 N–H and O–H groups in total. The van der Waals surface area contributed by atoms with Crippen LogP contribution in [0.15, 0.2) is 48.5 Å². The highest BCUT2D eigenvalue weighted by atomic mass is 35.5. The van der Waals surface area contributed by atoms with Crippen LogP contribution in [0.2, 0.25) is 5.15 Å². The maximum absolute atomic E-state index is 12.1. The van der Waals surface area contributed by atoms with Crippen LogP contribution in [-0.2, 0) is 4.84 Å². The second kappa shape index (κ2) is 8.41. The molecule has 2 heterocycles. The average molecular weight is 385 g/mol. The van der Waals surface area contributed by atoms with Gasteiger partial charge in [-0.3, -0.25) is 0 Å². The van der Waals surface area contributed by atoms with Crippen LogP contribution in [0.1, 0.15) is 24.2 Å². The van der Waals surface area contributed by atoms with Crippen molar-refractivity contribution in [2.75, 3.05) is 10.8 Å². The first-order valence-electron chi connectivity index (χ1n) is 8.19. The van der Waals surface area contributed by atoms with Gasteiger partial charge in [-0.2, -0.15) is 20.4 Å². The van der Waals surface area contributed by atoms with Crippen molar-refractivity contribution in [1.82, 2.24) is 19.9 Å². The van der Waals surface area contributed by atoms with E-state index in [9.17, 15) is 4.79 Å². The summed E-state index contributed by atoms with van der Waals surface area (Å²) in [7, 11) is 0. The van der Waals surface area contributed by atoms with Crippen molar-refractivity contribution in [2.45, 2.75) is 19.9 Å². The van der Waals surface area contributed by atoms with Gasteiger partial charge >= 0.3 is 5.97 Å². The molecule has 0 radical (unpaired) electrons. The van der Waals surface area contributed by atoms with Gasteiger partial charge in [0, 0.05) is 6.04 Å². The molecule has 0 unspecified atom stereocenters. The van der Waals surface area contributed by atoms with Gasteiger partial charge in [0.25, 0.3) is 5.95 Å². The summed E-state index contributed by atoms with van der Waals surface area (Å²) in [4.78, 5) is 34.1.